The van der Waals surface area contributed by atoms with Crippen LogP contribution < -0.4 is 5.32 Å². The molecule has 0 saturated heterocycles. The van der Waals surface area contributed by atoms with Gasteiger partial charge in [0.05, 0.1) is 6.26 Å². The number of anilines is 1. The van der Waals surface area contributed by atoms with Crippen LogP contribution in [0.5, 0.6) is 0 Å². The number of amides is 2. The largest absolute Gasteiger partial charge is 0.459 e. The summed E-state index contributed by atoms with van der Waals surface area (Å²) >= 11 is 0. The number of benzene rings is 2. The van der Waals surface area contributed by atoms with Gasteiger partial charge < -0.3 is 14.6 Å². The fourth-order valence-electron chi connectivity index (χ4n) is 3.60. The maximum Gasteiger partial charge on any atom is 0.290 e. The van der Waals surface area contributed by atoms with Gasteiger partial charge in [0, 0.05) is 18.7 Å². The second-order valence-electron chi connectivity index (χ2n) is 7.21. The van der Waals surface area contributed by atoms with Gasteiger partial charge in [-0.3, -0.25) is 9.59 Å². The topological polar surface area (TPSA) is 62.6 Å². The number of carbonyl (C=O) groups excluding carboxylic acids is 2. The zero-order valence-electron chi connectivity index (χ0n) is 15.9. The van der Waals surface area contributed by atoms with Crippen LogP contribution in [0.1, 0.15) is 32.8 Å². The standard InChI is InChI=1S/C23H22N2O3/c1-15-9-10-16(2)19(12-15)24-22(26)20-13-17-6-3-4-7-18(17)14-25(20)23(27)21-8-5-11-28-21/h3-12,20H,13-14H2,1-2H3,(H,24,26). The van der Waals surface area contributed by atoms with E-state index in [9.17, 15) is 9.59 Å². The van der Waals surface area contributed by atoms with Crippen LogP contribution in [0.15, 0.2) is 65.3 Å². The van der Waals surface area contributed by atoms with Crippen molar-refractivity contribution in [2.24, 2.45) is 0 Å². The third-order valence-electron chi connectivity index (χ3n) is 5.19. The van der Waals surface area contributed by atoms with E-state index < -0.39 is 6.04 Å². The van der Waals surface area contributed by atoms with E-state index in [4.69, 9.17) is 4.42 Å². The predicted octanol–water partition coefficient (Wildman–Crippen LogP) is 4.10. The van der Waals surface area contributed by atoms with Gasteiger partial charge in [0.2, 0.25) is 5.91 Å². The molecular formula is C23H22N2O3. The van der Waals surface area contributed by atoms with E-state index in [0.29, 0.717) is 13.0 Å². The normalized spacial score (nSPS) is 15.8. The Bertz CT molecular complexity index is 1020. The number of hydrogen-bond acceptors (Lipinski definition) is 3. The Morgan fingerprint density at radius 2 is 1.82 bits per heavy atom. The average molecular weight is 374 g/mol. The van der Waals surface area contributed by atoms with Gasteiger partial charge in [-0.05, 0) is 54.3 Å². The van der Waals surface area contributed by atoms with Crippen LogP contribution in [-0.4, -0.2) is 22.8 Å². The van der Waals surface area contributed by atoms with Crippen molar-refractivity contribution in [1.82, 2.24) is 4.90 Å². The Morgan fingerprint density at radius 1 is 1.04 bits per heavy atom. The third kappa shape index (κ3) is 3.43. The molecule has 0 saturated carbocycles. The molecule has 1 atom stereocenters. The lowest BCUT2D eigenvalue weighted by Crippen LogP contribution is -2.50. The summed E-state index contributed by atoms with van der Waals surface area (Å²) in [5.41, 5.74) is 4.97. The molecule has 28 heavy (non-hydrogen) atoms. The number of carbonyl (C=O) groups is 2. The molecule has 0 aliphatic carbocycles. The molecule has 1 unspecified atom stereocenters. The lowest BCUT2D eigenvalue weighted by molar-refractivity contribution is -0.121. The highest BCUT2D eigenvalue weighted by molar-refractivity contribution is 6.01. The molecule has 0 radical (unpaired) electrons. The molecule has 2 amide bonds. The highest BCUT2D eigenvalue weighted by Gasteiger charge is 2.36. The Hall–Kier alpha value is -3.34. The second kappa shape index (κ2) is 7.35. The summed E-state index contributed by atoms with van der Waals surface area (Å²) < 4.78 is 5.29. The minimum atomic E-state index is -0.604. The first-order chi connectivity index (χ1) is 13.5. The first-order valence-electron chi connectivity index (χ1n) is 9.32. The van der Waals surface area contributed by atoms with Crippen molar-refractivity contribution in [3.63, 3.8) is 0 Å². The van der Waals surface area contributed by atoms with E-state index in [1.807, 2.05) is 56.3 Å². The van der Waals surface area contributed by atoms with Crippen molar-refractivity contribution in [3.05, 3.63) is 88.9 Å². The maximum atomic E-state index is 13.2. The number of fused-ring (bicyclic) bond motifs is 1. The van der Waals surface area contributed by atoms with Crippen molar-refractivity contribution in [2.45, 2.75) is 32.9 Å². The molecule has 4 rings (SSSR count). The molecule has 1 N–H and O–H groups in total. The van der Waals surface area contributed by atoms with Crippen LogP contribution in [0, 0.1) is 13.8 Å². The summed E-state index contributed by atoms with van der Waals surface area (Å²) in [6, 6.07) is 16.6. The van der Waals surface area contributed by atoms with Gasteiger partial charge in [-0.2, -0.15) is 0 Å². The van der Waals surface area contributed by atoms with E-state index in [1.165, 1.54) is 6.26 Å². The van der Waals surface area contributed by atoms with E-state index in [0.717, 1.165) is 27.9 Å². The van der Waals surface area contributed by atoms with E-state index in [1.54, 1.807) is 17.0 Å². The average Bonchev–Trinajstić information content (AvgIpc) is 3.24. The zero-order chi connectivity index (χ0) is 19.7. The zero-order valence-corrected chi connectivity index (χ0v) is 15.9. The first kappa shape index (κ1) is 18.0. The Labute approximate surface area is 164 Å². The van der Waals surface area contributed by atoms with Gasteiger partial charge in [-0.15, -0.1) is 0 Å². The number of nitrogens with one attached hydrogen (secondary N) is 1. The number of hydrogen-bond donors (Lipinski definition) is 1. The second-order valence-corrected chi connectivity index (χ2v) is 7.21. The van der Waals surface area contributed by atoms with Crippen LogP contribution >= 0.6 is 0 Å². The molecule has 1 aromatic heterocycles. The Balaban J connectivity index is 1.66. The molecule has 3 aromatic rings. The van der Waals surface area contributed by atoms with Crippen molar-refractivity contribution < 1.29 is 14.0 Å². The summed E-state index contributed by atoms with van der Waals surface area (Å²) in [4.78, 5) is 27.8. The predicted molar refractivity (Wildman–Crippen MR) is 107 cm³/mol. The molecule has 2 aromatic carbocycles. The summed E-state index contributed by atoms with van der Waals surface area (Å²) in [5.74, 6) is -0.229. The van der Waals surface area contributed by atoms with Crippen LogP contribution in [0.4, 0.5) is 5.69 Å². The van der Waals surface area contributed by atoms with Gasteiger partial charge in [0.1, 0.15) is 6.04 Å². The van der Waals surface area contributed by atoms with Crippen molar-refractivity contribution in [1.29, 1.82) is 0 Å². The van der Waals surface area contributed by atoms with Crippen molar-refractivity contribution in [2.75, 3.05) is 5.32 Å². The monoisotopic (exact) mass is 374 g/mol. The van der Waals surface area contributed by atoms with Gasteiger partial charge >= 0.3 is 0 Å². The lowest BCUT2D eigenvalue weighted by atomic mass is 9.93. The van der Waals surface area contributed by atoms with E-state index >= 15 is 0 Å². The molecule has 142 valence electrons. The molecule has 1 aliphatic rings. The molecule has 5 nitrogen and oxygen atoms in total. The Morgan fingerprint density at radius 3 is 2.57 bits per heavy atom. The fourth-order valence-corrected chi connectivity index (χ4v) is 3.60. The summed E-state index contributed by atoms with van der Waals surface area (Å²) in [6.45, 7) is 4.32. The quantitative estimate of drug-likeness (QED) is 0.751. The van der Waals surface area contributed by atoms with Gasteiger partial charge in [-0.25, -0.2) is 0 Å². The highest BCUT2D eigenvalue weighted by atomic mass is 16.3. The van der Waals surface area contributed by atoms with Crippen LogP contribution in [0.2, 0.25) is 0 Å². The third-order valence-corrected chi connectivity index (χ3v) is 5.19. The lowest BCUT2D eigenvalue weighted by Gasteiger charge is -2.35. The van der Waals surface area contributed by atoms with E-state index in [2.05, 4.69) is 5.32 Å². The molecular weight excluding hydrogens is 352 g/mol. The molecule has 5 heteroatoms. The minimum absolute atomic E-state index is 0.192. The highest BCUT2D eigenvalue weighted by Crippen LogP contribution is 2.27. The molecule has 1 aliphatic heterocycles. The smallest absolute Gasteiger partial charge is 0.290 e. The van der Waals surface area contributed by atoms with Gasteiger partial charge in [0.25, 0.3) is 5.91 Å². The van der Waals surface area contributed by atoms with Gasteiger partial charge in [0.15, 0.2) is 5.76 Å². The van der Waals surface area contributed by atoms with Crippen molar-refractivity contribution in [3.8, 4) is 0 Å². The Kier molecular flexibility index (Phi) is 4.74. The van der Waals surface area contributed by atoms with E-state index in [-0.39, 0.29) is 17.6 Å². The van der Waals surface area contributed by atoms with Crippen LogP contribution in [0.3, 0.4) is 0 Å². The van der Waals surface area contributed by atoms with Crippen LogP contribution in [0.25, 0.3) is 0 Å². The summed E-state index contributed by atoms with van der Waals surface area (Å²) in [7, 11) is 0. The molecule has 2 heterocycles. The number of nitrogens with zero attached hydrogens (tertiary/aromatic N) is 1. The molecule has 0 bridgehead atoms. The van der Waals surface area contributed by atoms with Crippen LogP contribution in [-0.2, 0) is 17.8 Å². The SMILES string of the molecule is Cc1ccc(C)c(NC(=O)C2Cc3ccccc3CN2C(=O)c2ccco2)c1. The number of furan rings is 1. The number of aryl methyl sites for hydroxylation is 2. The summed E-state index contributed by atoms with van der Waals surface area (Å²) in [5, 5.41) is 3.02. The summed E-state index contributed by atoms with van der Waals surface area (Å²) in [6.07, 6.45) is 1.94. The maximum absolute atomic E-state index is 13.2. The molecule has 0 spiro atoms. The number of rotatable bonds is 3. The van der Waals surface area contributed by atoms with Gasteiger partial charge in [-0.1, -0.05) is 36.4 Å². The molecule has 0 fully saturated rings. The first-order valence-corrected chi connectivity index (χ1v) is 9.32. The minimum Gasteiger partial charge on any atom is -0.459 e. The fraction of sp³-hybridized carbons (Fsp3) is 0.217. The van der Waals surface area contributed by atoms with Crippen molar-refractivity contribution >= 4 is 17.5 Å².